The van der Waals surface area contributed by atoms with Crippen LogP contribution in [0.3, 0.4) is 0 Å². The van der Waals surface area contributed by atoms with E-state index in [1.165, 1.54) is 158 Å². The van der Waals surface area contributed by atoms with Crippen molar-refractivity contribution in [3.8, 4) is 5.75 Å². The van der Waals surface area contributed by atoms with Crippen LogP contribution >= 0.6 is 0 Å². The molecular weight excluding hydrogens is 1250 g/mol. The molecule has 10 fully saturated rings. The average molecular weight is 1380 g/mol. The first-order valence-electron chi connectivity index (χ1n) is 37.8. The number of pyridine rings is 3. The Balaban J connectivity index is 0.000000145. The molecule has 13 heterocycles. The summed E-state index contributed by atoms with van der Waals surface area (Å²) in [6.45, 7) is 36.2. The molecule has 550 valence electrons. The van der Waals surface area contributed by atoms with Crippen LogP contribution in [0.4, 0.5) is 33.0 Å². The van der Waals surface area contributed by atoms with Gasteiger partial charge in [-0.05, 0) is 200 Å². The molecule has 0 saturated carbocycles. The average Bonchev–Trinajstić information content (AvgIpc) is 1.38. The fourth-order valence-corrected chi connectivity index (χ4v) is 14.3. The Morgan fingerprint density at radius 1 is 0.340 bits per heavy atom. The molecule has 0 aliphatic carbocycles. The third-order valence-electron chi connectivity index (χ3n) is 20.0. The van der Waals surface area contributed by atoms with Crippen molar-refractivity contribution in [3.63, 3.8) is 0 Å². The van der Waals surface area contributed by atoms with Crippen LogP contribution < -0.4 is 83.2 Å². The minimum absolute atomic E-state index is 0. The zero-order valence-corrected chi connectivity index (χ0v) is 60.6. The summed E-state index contributed by atoms with van der Waals surface area (Å²) in [7, 11) is 1.72. The van der Waals surface area contributed by atoms with Gasteiger partial charge in [0.2, 0.25) is 0 Å². The largest absolute Gasteiger partial charge is 0.495 e. The SMILES string of the molecule is C1CC(N2CCNCC2)CCN1.C1CCN(C2CCNCC2)CC1.COc1ccccc1N1CCNCC1.Fc1ccc(N2CCNCC2)cc1.N.c1cc(C2CCNCC2)ccn1.c1cc(N2CCNCC2)ccn1.c1ccc(N2CCNCC2)cc1.c1ccc(N2CCNCC2)nc1. The molecule has 12 N–H and O–H groups in total. The van der Waals surface area contributed by atoms with E-state index in [0.29, 0.717) is 0 Å². The van der Waals surface area contributed by atoms with Gasteiger partial charge in [0, 0.05) is 217 Å². The van der Waals surface area contributed by atoms with Crippen LogP contribution in [0.2, 0.25) is 0 Å². The lowest BCUT2D eigenvalue weighted by atomic mass is 9.91. The lowest BCUT2D eigenvalue weighted by molar-refractivity contribution is 0.136. The maximum atomic E-state index is 12.6. The molecule has 10 aliphatic rings. The van der Waals surface area contributed by atoms with Gasteiger partial charge in [-0.3, -0.25) is 14.9 Å². The van der Waals surface area contributed by atoms with Crippen molar-refractivity contribution < 1.29 is 9.13 Å². The van der Waals surface area contributed by atoms with Crippen molar-refractivity contribution in [3.05, 3.63) is 164 Å². The number of benzene rings is 3. The number of hydrogen-bond acceptors (Lipinski definition) is 21. The minimum Gasteiger partial charge on any atom is -0.495 e. The topological polar surface area (TPSA) is 214 Å². The number of likely N-dealkylation sites (tertiary alicyclic amines) is 1. The lowest BCUT2D eigenvalue weighted by Crippen LogP contribution is -2.51. The standard InChI is InChI=1S/C11H16N2O.C10H13FN2.C10H14N2.C10H20N2.C10H14N2.C9H19N3.2C9H13N3.H3N/c1-14-11-5-3-2-4-10(11)13-8-6-12-7-9-13;11-9-1-3-10(4-2-9)13-7-5-12-6-8-13;1-5-11-6-2-9(1)10-3-7-12-8-4-10;1-2-8-12(9-3-1)10-4-6-11-7-5-10;1-2-4-10(5-3-1)12-8-6-11-7-9-12;2*1-3-10-4-2-9(1)12-7-5-11-6-8-12;1-2-4-11-9(3-1)12-7-5-10-6-8-12;/h2-5,12H,6-9H2,1H3;1-4,12H,5-8H2;1-2,5-6,10,12H,3-4,7-8H2;10-11H,1-9H2;1-5,11H,6-9H2;9-11H,1-8H2;1-4,11H,5-8H2;1-4,10H,5-8H2;1H3. The molecule has 0 bridgehead atoms. The fraction of sp³-hybridized carbons (Fsp3) is 0.577. The first kappa shape index (κ1) is 79.1. The number of methoxy groups -OCH3 is 1. The fourth-order valence-electron chi connectivity index (χ4n) is 14.3. The zero-order valence-electron chi connectivity index (χ0n) is 60.6. The molecule has 0 unspecified atom stereocenters. The van der Waals surface area contributed by atoms with Gasteiger partial charge < -0.3 is 88.1 Å². The highest BCUT2D eigenvalue weighted by atomic mass is 19.1. The van der Waals surface area contributed by atoms with Crippen molar-refractivity contribution in [1.29, 1.82) is 0 Å². The van der Waals surface area contributed by atoms with E-state index in [2.05, 4.69) is 170 Å². The van der Waals surface area contributed by atoms with Crippen molar-refractivity contribution in [2.45, 2.75) is 75.8 Å². The summed E-state index contributed by atoms with van der Waals surface area (Å²) in [5.41, 5.74) is 6.40. The van der Waals surface area contributed by atoms with Gasteiger partial charge in [0.05, 0.1) is 12.8 Å². The van der Waals surface area contributed by atoms with Crippen LogP contribution in [-0.4, -0.2) is 253 Å². The monoisotopic (exact) mass is 1380 g/mol. The normalized spacial score (nSPS) is 20.3. The number of nitrogens with zero attached hydrogens (tertiary/aromatic N) is 10. The molecule has 0 spiro atoms. The first-order valence-corrected chi connectivity index (χ1v) is 37.8. The van der Waals surface area contributed by atoms with Gasteiger partial charge in [-0.25, -0.2) is 9.37 Å². The third kappa shape index (κ3) is 29.0. The van der Waals surface area contributed by atoms with Crippen molar-refractivity contribution >= 4 is 28.6 Å². The first-order chi connectivity index (χ1) is 49.1. The van der Waals surface area contributed by atoms with E-state index in [4.69, 9.17) is 4.74 Å². The van der Waals surface area contributed by atoms with E-state index in [1.54, 1.807) is 7.11 Å². The highest BCUT2D eigenvalue weighted by Crippen LogP contribution is 2.28. The molecule has 100 heavy (non-hydrogen) atoms. The second-order valence-corrected chi connectivity index (χ2v) is 26.7. The predicted molar refractivity (Wildman–Crippen MR) is 415 cm³/mol. The third-order valence-corrected chi connectivity index (χ3v) is 20.0. The molecule has 16 rings (SSSR count). The number of piperidine rings is 4. The van der Waals surface area contributed by atoms with Crippen LogP contribution in [0, 0.1) is 5.82 Å². The number of anilines is 5. The number of rotatable bonds is 9. The molecule has 3 aromatic heterocycles. The maximum Gasteiger partial charge on any atom is 0.142 e. The summed E-state index contributed by atoms with van der Waals surface area (Å²) < 4.78 is 18.0. The number of ether oxygens (including phenoxy) is 1. The molecule has 0 atom stereocenters. The Morgan fingerprint density at radius 2 is 0.720 bits per heavy atom. The number of nitrogens with one attached hydrogen (secondary N) is 9. The zero-order chi connectivity index (χ0) is 68.3. The van der Waals surface area contributed by atoms with Gasteiger partial charge in [-0.1, -0.05) is 42.8 Å². The Kier molecular flexibility index (Phi) is 38.2. The summed E-state index contributed by atoms with van der Waals surface area (Å²) in [4.78, 5) is 29.4. The summed E-state index contributed by atoms with van der Waals surface area (Å²) >= 11 is 0. The Labute approximate surface area is 599 Å². The Morgan fingerprint density at radius 3 is 1.19 bits per heavy atom. The number of piperazine rings is 6. The maximum absolute atomic E-state index is 12.6. The van der Waals surface area contributed by atoms with Gasteiger partial charge in [0.1, 0.15) is 17.4 Å². The quantitative estimate of drug-likeness (QED) is 0.0706. The molecule has 22 heteroatoms. The van der Waals surface area contributed by atoms with E-state index in [1.807, 2.05) is 67.4 Å². The van der Waals surface area contributed by atoms with Crippen LogP contribution in [0.5, 0.6) is 5.75 Å². The van der Waals surface area contributed by atoms with E-state index in [0.717, 1.165) is 179 Å². The molecule has 0 amide bonds. The van der Waals surface area contributed by atoms with Crippen LogP contribution in [0.1, 0.15) is 69.3 Å². The molecule has 3 aromatic carbocycles. The summed E-state index contributed by atoms with van der Waals surface area (Å²) in [6.07, 6.45) is 21.6. The van der Waals surface area contributed by atoms with Gasteiger partial charge in [0.25, 0.3) is 0 Å². The second kappa shape index (κ2) is 48.3. The molecule has 10 saturated heterocycles. The minimum atomic E-state index is -0.168. The molecule has 0 radical (unpaired) electrons. The van der Waals surface area contributed by atoms with Crippen LogP contribution in [-0.2, 0) is 0 Å². The number of aromatic nitrogens is 3. The Hall–Kier alpha value is -6.64. The number of para-hydroxylation sites is 3. The van der Waals surface area contributed by atoms with Crippen molar-refractivity contribution in [1.82, 2.24) is 78.8 Å². The predicted octanol–water partition coefficient (Wildman–Crippen LogP) is 7.00. The van der Waals surface area contributed by atoms with Gasteiger partial charge in [-0.2, -0.15) is 0 Å². The summed E-state index contributed by atoms with van der Waals surface area (Å²) in [6, 6.07) is 41.7. The van der Waals surface area contributed by atoms with Crippen LogP contribution in [0.15, 0.2) is 152 Å². The highest BCUT2D eigenvalue weighted by molar-refractivity contribution is 5.58. The van der Waals surface area contributed by atoms with Crippen molar-refractivity contribution in [2.75, 3.05) is 241 Å². The second-order valence-electron chi connectivity index (χ2n) is 26.7. The van der Waals surface area contributed by atoms with Gasteiger partial charge >= 0.3 is 0 Å². The number of halogens is 1. The van der Waals surface area contributed by atoms with Gasteiger partial charge in [0.15, 0.2) is 0 Å². The van der Waals surface area contributed by atoms with E-state index in [-0.39, 0.29) is 12.0 Å². The van der Waals surface area contributed by atoms with Crippen molar-refractivity contribution in [2.24, 2.45) is 0 Å². The smallest absolute Gasteiger partial charge is 0.142 e. The lowest BCUT2D eigenvalue weighted by Gasteiger charge is -2.37. The molecular formula is C78H125FN20O. The molecule has 21 nitrogen and oxygen atoms in total. The van der Waals surface area contributed by atoms with E-state index >= 15 is 0 Å². The van der Waals surface area contributed by atoms with E-state index < -0.39 is 0 Å². The summed E-state index contributed by atoms with van der Waals surface area (Å²) in [5.74, 6) is 2.65. The Bertz CT molecular complexity index is 2630. The van der Waals surface area contributed by atoms with E-state index in [9.17, 15) is 4.39 Å². The van der Waals surface area contributed by atoms with Crippen LogP contribution in [0.25, 0.3) is 0 Å². The molecule has 10 aliphatic heterocycles. The van der Waals surface area contributed by atoms with Gasteiger partial charge in [-0.15, -0.1) is 0 Å². The number of hydrogen-bond donors (Lipinski definition) is 10. The highest BCUT2D eigenvalue weighted by Gasteiger charge is 2.24. The summed E-state index contributed by atoms with van der Waals surface area (Å²) in [5, 5.41) is 30.2. The molecule has 6 aromatic rings.